The number of nitrogens with one attached hydrogen (secondary N) is 2. The third-order valence-electron chi connectivity index (χ3n) is 6.44. The fraction of sp³-hybridized carbons (Fsp3) is 0.321. The van der Waals surface area contributed by atoms with Crippen LogP contribution in [0.3, 0.4) is 0 Å². The largest absolute Gasteiger partial charge is 0.494 e. The molecule has 2 aromatic carbocycles. The van der Waals surface area contributed by atoms with Gasteiger partial charge in [0, 0.05) is 30.8 Å². The molecule has 2 aromatic heterocycles. The molecule has 0 aliphatic carbocycles. The fourth-order valence-electron chi connectivity index (χ4n) is 4.38. The Hall–Kier alpha value is -4.92. The Balaban J connectivity index is 1.46. The quantitative estimate of drug-likeness (QED) is 0.210. The second-order valence-corrected chi connectivity index (χ2v) is 9.38. The number of nitrogens with two attached hydrogens (primary N) is 1. The molecule has 0 aliphatic rings. The molecule has 4 rings (SSSR count). The van der Waals surface area contributed by atoms with Crippen molar-refractivity contribution in [1.82, 2.24) is 24.6 Å². The molecule has 0 saturated heterocycles. The van der Waals surface area contributed by atoms with Gasteiger partial charge < -0.3 is 25.1 Å². The number of halogens is 3. The van der Waals surface area contributed by atoms with Gasteiger partial charge in [0.25, 0.3) is 11.8 Å². The highest BCUT2D eigenvalue weighted by Crippen LogP contribution is 2.31. The number of hydrogen-bond donors (Lipinski definition) is 3. The molecule has 4 N–H and O–H groups in total. The Labute approximate surface area is 244 Å². The number of ether oxygens (including phenoxy) is 2. The van der Waals surface area contributed by atoms with E-state index in [0.717, 1.165) is 24.3 Å². The molecule has 15 heteroatoms. The van der Waals surface area contributed by atoms with Gasteiger partial charge in [-0.2, -0.15) is 18.3 Å². The van der Waals surface area contributed by atoms with E-state index in [2.05, 4.69) is 20.7 Å². The summed E-state index contributed by atoms with van der Waals surface area (Å²) in [5.41, 5.74) is 6.73. The maximum atomic E-state index is 13.2. The van der Waals surface area contributed by atoms with E-state index in [1.54, 1.807) is 22.2 Å². The zero-order valence-electron chi connectivity index (χ0n) is 23.6. The first-order valence-corrected chi connectivity index (χ1v) is 13.2. The molecule has 0 aliphatic heterocycles. The van der Waals surface area contributed by atoms with Gasteiger partial charge in [0.1, 0.15) is 17.0 Å². The van der Waals surface area contributed by atoms with Crippen molar-refractivity contribution in [2.45, 2.75) is 33.1 Å². The summed E-state index contributed by atoms with van der Waals surface area (Å²) in [6.07, 6.45) is -4.49. The summed E-state index contributed by atoms with van der Waals surface area (Å²) < 4.78 is 52.6. The van der Waals surface area contributed by atoms with E-state index in [-0.39, 0.29) is 43.4 Å². The molecule has 3 amide bonds. The van der Waals surface area contributed by atoms with Crippen LogP contribution in [0.4, 0.5) is 19.1 Å². The Bertz CT molecular complexity index is 1650. The lowest BCUT2D eigenvalue weighted by atomic mass is 10.1. The summed E-state index contributed by atoms with van der Waals surface area (Å²) in [5, 5.41) is 9.69. The number of hydrogen-bond acceptors (Lipinski definition) is 7. The van der Waals surface area contributed by atoms with Gasteiger partial charge in [0.2, 0.25) is 11.9 Å². The van der Waals surface area contributed by atoms with E-state index in [0.29, 0.717) is 34.7 Å². The third kappa shape index (κ3) is 7.12. The summed E-state index contributed by atoms with van der Waals surface area (Å²) in [7, 11) is 1.42. The fourth-order valence-corrected chi connectivity index (χ4v) is 4.38. The molecule has 0 fully saturated rings. The zero-order chi connectivity index (χ0) is 31.3. The van der Waals surface area contributed by atoms with Crippen LogP contribution in [0, 0.1) is 6.92 Å². The van der Waals surface area contributed by atoms with E-state index < -0.39 is 29.5 Å². The molecule has 228 valence electrons. The smallest absolute Gasteiger partial charge is 0.416 e. The van der Waals surface area contributed by atoms with Gasteiger partial charge >= 0.3 is 6.18 Å². The lowest BCUT2D eigenvalue weighted by Crippen LogP contribution is -2.27. The molecule has 0 spiro atoms. The number of aromatic nitrogens is 4. The zero-order valence-corrected chi connectivity index (χ0v) is 23.6. The highest BCUT2D eigenvalue weighted by Gasteiger charge is 2.30. The van der Waals surface area contributed by atoms with E-state index in [9.17, 15) is 27.6 Å². The molecular weight excluding hydrogens is 571 g/mol. The monoisotopic (exact) mass is 601 g/mol. The number of primary amides is 1. The lowest BCUT2D eigenvalue weighted by Gasteiger charge is -2.13. The van der Waals surface area contributed by atoms with Crippen LogP contribution in [-0.4, -0.2) is 63.9 Å². The third-order valence-corrected chi connectivity index (χ3v) is 6.44. The topological polar surface area (TPSA) is 155 Å². The second-order valence-electron chi connectivity index (χ2n) is 9.38. The number of amides is 3. The maximum Gasteiger partial charge on any atom is 0.416 e. The molecule has 12 nitrogen and oxygen atoms in total. The van der Waals surface area contributed by atoms with Gasteiger partial charge in [0.05, 0.1) is 37.1 Å². The van der Waals surface area contributed by atoms with Crippen LogP contribution in [0.1, 0.15) is 49.4 Å². The molecule has 43 heavy (non-hydrogen) atoms. The van der Waals surface area contributed by atoms with Crippen molar-refractivity contribution in [1.29, 1.82) is 0 Å². The minimum atomic E-state index is -4.49. The molecule has 0 bridgehead atoms. The van der Waals surface area contributed by atoms with Crippen LogP contribution in [-0.2, 0) is 24.0 Å². The summed E-state index contributed by atoms with van der Waals surface area (Å²) in [6, 6.07) is 8.51. The second kappa shape index (κ2) is 12.9. The first-order valence-electron chi connectivity index (χ1n) is 13.2. The molecule has 4 aromatic rings. The summed E-state index contributed by atoms with van der Waals surface area (Å²) in [5.74, 6) is -1.19. The molecule has 0 saturated carbocycles. The first kappa shape index (κ1) is 31.0. The van der Waals surface area contributed by atoms with Crippen LogP contribution < -0.4 is 21.1 Å². The number of fused-ring (bicyclic) bond motifs is 1. The molecule has 0 atom stereocenters. The average Bonchev–Trinajstić information content (AvgIpc) is 3.53. The van der Waals surface area contributed by atoms with Crippen molar-refractivity contribution in [2.24, 2.45) is 5.73 Å². The number of alkyl halides is 3. The number of rotatable bonds is 12. The van der Waals surface area contributed by atoms with E-state index in [1.165, 1.54) is 19.2 Å². The van der Waals surface area contributed by atoms with Gasteiger partial charge in [-0.05, 0) is 56.3 Å². The van der Waals surface area contributed by atoms with Gasteiger partial charge in [-0.1, -0.05) is 0 Å². The number of methoxy groups -OCH3 is 1. The standard InChI is InChI=1S/C28H30F3N7O5/c1-4-38-21(13-16(2)36-38)26(41)35-27-34-20-14-18(24(32)39)15-22(42-3)23(20)37(27)10-12-43-11-9-33-25(40)17-5-7-19(8-6-17)28(29,30)31/h5-8,13-15H,4,9-12H2,1-3H3,(H2,32,39)(H,33,40)(H,34,35,41). The average molecular weight is 602 g/mol. The highest BCUT2D eigenvalue weighted by molar-refractivity contribution is 6.04. The summed E-state index contributed by atoms with van der Waals surface area (Å²) in [6.45, 7) is 4.62. The lowest BCUT2D eigenvalue weighted by molar-refractivity contribution is -0.137. The van der Waals surface area contributed by atoms with Crippen molar-refractivity contribution in [2.75, 3.05) is 32.2 Å². The number of carbonyl (C=O) groups excluding carboxylic acids is 3. The maximum absolute atomic E-state index is 13.2. The van der Waals surface area contributed by atoms with Crippen molar-refractivity contribution in [3.05, 3.63) is 70.5 Å². The number of nitrogens with zero attached hydrogens (tertiary/aromatic N) is 4. The minimum absolute atomic E-state index is 0.0836. The van der Waals surface area contributed by atoms with E-state index >= 15 is 0 Å². The predicted molar refractivity (Wildman–Crippen MR) is 150 cm³/mol. The highest BCUT2D eigenvalue weighted by atomic mass is 19.4. The van der Waals surface area contributed by atoms with E-state index in [4.69, 9.17) is 15.2 Å². The van der Waals surface area contributed by atoms with Crippen molar-refractivity contribution >= 4 is 34.7 Å². The Morgan fingerprint density at radius 3 is 2.37 bits per heavy atom. The van der Waals surface area contributed by atoms with Crippen LogP contribution >= 0.6 is 0 Å². The Morgan fingerprint density at radius 2 is 1.74 bits per heavy atom. The predicted octanol–water partition coefficient (Wildman–Crippen LogP) is 3.39. The van der Waals surface area contributed by atoms with Crippen molar-refractivity contribution in [3.63, 3.8) is 0 Å². The summed E-state index contributed by atoms with van der Waals surface area (Å²) in [4.78, 5) is 41.8. The first-order chi connectivity index (χ1) is 20.4. The van der Waals surface area contributed by atoms with Gasteiger partial charge in [-0.25, -0.2) is 4.98 Å². The van der Waals surface area contributed by atoms with Crippen LogP contribution in [0.5, 0.6) is 5.75 Å². The molecule has 0 unspecified atom stereocenters. The minimum Gasteiger partial charge on any atom is -0.494 e. The van der Waals surface area contributed by atoms with Gasteiger partial charge in [-0.3, -0.25) is 24.4 Å². The van der Waals surface area contributed by atoms with Crippen LogP contribution in [0.2, 0.25) is 0 Å². The normalized spacial score (nSPS) is 11.5. The Morgan fingerprint density at radius 1 is 1.02 bits per heavy atom. The van der Waals surface area contributed by atoms with Crippen LogP contribution in [0.25, 0.3) is 11.0 Å². The molecule has 0 radical (unpaired) electrons. The number of imidazole rings is 1. The van der Waals surface area contributed by atoms with Crippen molar-refractivity contribution < 1.29 is 37.0 Å². The molecular formula is C28H30F3N7O5. The number of carbonyl (C=O) groups is 3. The van der Waals surface area contributed by atoms with Crippen molar-refractivity contribution in [3.8, 4) is 5.75 Å². The number of anilines is 1. The Kier molecular flexibility index (Phi) is 9.34. The van der Waals surface area contributed by atoms with Gasteiger partial charge in [0.15, 0.2) is 0 Å². The number of benzene rings is 2. The van der Waals surface area contributed by atoms with Gasteiger partial charge in [-0.15, -0.1) is 0 Å². The number of aryl methyl sites for hydroxylation is 2. The SMILES string of the molecule is CCn1nc(C)cc1C(=O)Nc1nc2cc(C(N)=O)cc(OC)c2n1CCOCCNC(=O)c1ccc(C(F)(F)F)cc1. The van der Waals surface area contributed by atoms with Crippen LogP contribution in [0.15, 0.2) is 42.5 Å². The summed E-state index contributed by atoms with van der Waals surface area (Å²) >= 11 is 0. The molecule has 2 heterocycles. The van der Waals surface area contributed by atoms with E-state index in [1.807, 2.05) is 6.92 Å².